The molecule has 0 aromatic heterocycles. The van der Waals surface area contributed by atoms with E-state index in [0.717, 1.165) is 0 Å². The van der Waals surface area contributed by atoms with Crippen molar-refractivity contribution in [2.75, 3.05) is 11.4 Å². The second-order valence-electron chi connectivity index (χ2n) is 4.91. The number of hydrogen-bond donors (Lipinski definition) is 1. The molecule has 1 aromatic rings. The Labute approximate surface area is 135 Å². The van der Waals surface area contributed by atoms with Gasteiger partial charge in [-0.3, -0.25) is 0 Å². The van der Waals surface area contributed by atoms with Crippen LogP contribution in [-0.2, 0) is 6.42 Å². The second kappa shape index (κ2) is 15.4. The summed E-state index contributed by atoms with van der Waals surface area (Å²) in [5, 5.41) is 0. The van der Waals surface area contributed by atoms with Gasteiger partial charge in [-0.15, -0.1) is 0 Å². The van der Waals surface area contributed by atoms with Crippen molar-refractivity contribution in [3.63, 3.8) is 0 Å². The normalized spacial score (nSPS) is 11.1. The number of rotatable bonds is 1. The lowest BCUT2D eigenvalue weighted by molar-refractivity contribution is 0.710. The Morgan fingerprint density at radius 1 is 0.952 bits per heavy atom. The summed E-state index contributed by atoms with van der Waals surface area (Å²) in [6, 6.07) is 9.68. The third-order valence-electron chi connectivity index (χ3n) is 2.55. The maximum atomic E-state index is 5.11. The lowest BCUT2D eigenvalue weighted by atomic mass is 10.2. The van der Waals surface area contributed by atoms with Gasteiger partial charge in [0, 0.05) is 26.7 Å². The van der Waals surface area contributed by atoms with Crippen molar-refractivity contribution >= 4 is 14.1 Å². The predicted molar refractivity (Wildman–Crippen MR) is 100 cm³/mol. The number of nitrogens with two attached hydrogens (primary N) is 1. The highest BCUT2D eigenvalue weighted by Crippen LogP contribution is 2.28. The predicted octanol–water partition coefficient (Wildman–Crippen LogP) is 4.48. The van der Waals surface area contributed by atoms with Gasteiger partial charge in [0.05, 0.1) is 0 Å². The fourth-order valence-electron chi connectivity index (χ4n) is 1.90. The second-order valence-corrected chi connectivity index (χ2v) is 4.91. The van der Waals surface area contributed by atoms with Crippen LogP contribution in [0.5, 0.6) is 0 Å². The summed E-state index contributed by atoms with van der Waals surface area (Å²) in [6.45, 7) is 17.6. The number of fused-ring (bicyclic) bond motifs is 1. The zero-order valence-electron chi connectivity index (χ0n) is 15.5. The van der Waals surface area contributed by atoms with Crippen LogP contribution in [0, 0.1) is 0 Å². The maximum absolute atomic E-state index is 5.11. The standard InChI is InChI=1S/C11H15N.C3H9N.2C2H6.B/c1-9(2)12-8-7-10-5-3-4-6-11(10)12;1-3(2)4;2*1-2;/h3-6,9H,7-8H2,1-2H3;3H,4H2,1-2H3;2*1-2H3;. The minimum atomic E-state index is 0. The number of para-hydroxylation sites is 1. The van der Waals surface area contributed by atoms with E-state index in [1.807, 2.05) is 41.5 Å². The maximum Gasteiger partial charge on any atom is 0.0401 e. The van der Waals surface area contributed by atoms with Crippen molar-refractivity contribution in [3.05, 3.63) is 29.8 Å². The van der Waals surface area contributed by atoms with Gasteiger partial charge in [-0.2, -0.15) is 0 Å². The van der Waals surface area contributed by atoms with Crippen molar-refractivity contribution in [1.29, 1.82) is 0 Å². The highest BCUT2D eigenvalue weighted by atomic mass is 15.2. The van der Waals surface area contributed by atoms with Crippen LogP contribution in [-0.4, -0.2) is 27.0 Å². The van der Waals surface area contributed by atoms with Crippen molar-refractivity contribution in [3.8, 4) is 0 Å². The molecule has 1 aliphatic heterocycles. The van der Waals surface area contributed by atoms with E-state index in [4.69, 9.17) is 5.73 Å². The fourth-order valence-corrected chi connectivity index (χ4v) is 1.90. The lowest BCUT2D eigenvalue weighted by Gasteiger charge is -2.23. The molecule has 0 atom stereocenters. The van der Waals surface area contributed by atoms with Crippen LogP contribution in [0.25, 0.3) is 0 Å². The average Bonchev–Trinajstić information content (AvgIpc) is 2.86. The van der Waals surface area contributed by atoms with Gasteiger partial charge < -0.3 is 10.6 Å². The van der Waals surface area contributed by atoms with Gasteiger partial charge in [0.15, 0.2) is 0 Å². The molecule has 0 fully saturated rings. The first-order valence-electron chi connectivity index (χ1n) is 8.12. The van der Waals surface area contributed by atoms with E-state index in [1.54, 1.807) is 0 Å². The zero-order valence-corrected chi connectivity index (χ0v) is 15.5. The fraction of sp³-hybridized carbons (Fsp3) is 0.667. The molecule has 21 heavy (non-hydrogen) atoms. The third-order valence-corrected chi connectivity index (χ3v) is 2.55. The molecule has 3 heteroatoms. The van der Waals surface area contributed by atoms with Crippen LogP contribution in [0.4, 0.5) is 5.69 Å². The molecule has 1 heterocycles. The highest BCUT2D eigenvalue weighted by molar-refractivity contribution is 5.75. The van der Waals surface area contributed by atoms with E-state index < -0.39 is 0 Å². The zero-order chi connectivity index (χ0) is 16.1. The molecule has 0 aliphatic carbocycles. The minimum absolute atomic E-state index is 0. The van der Waals surface area contributed by atoms with Gasteiger partial charge in [-0.05, 0) is 37.9 Å². The van der Waals surface area contributed by atoms with Crippen LogP contribution in [0.3, 0.4) is 0 Å². The summed E-state index contributed by atoms with van der Waals surface area (Å²) in [5.74, 6) is 0. The largest absolute Gasteiger partial charge is 0.369 e. The molecule has 3 radical (unpaired) electrons. The first-order valence-corrected chi connectivity index (χ1v) is 8.12. The topological polar surface area (TPSA) is 29.3 Å². The Bertz CT molecular complexity index is 322. The Balaban J connectivity index is -0.000000311. The summed E-state index contributed by atoms with van der Waals surface area (Å²) in [5.41, 5.74) is 8.05. The van der Waals surface area contributed by atoms with Crippen LogP contribution in [0.15, 0.2) is 24.3 Å². The monoisotopic (exact) mass is 291 g/mol. The highest BCUT2D eigenvalue weighted by Gasteiger charge is 2.19. The van der Waals surface area contributed by atoms with E-state index >= 15 is 0 Å². The Hall–Kier alpha value is -0.955. The summed E-state index contributed by atoms with van der Waals surface area (Å²) < 4.78 is 0. The van der Waals surface area contributed by atoms with Gasteiger partial charge in [0.2, 0.25) is 0 Å². The summed E-state index contributed by atoms with van der Waals surface area (Å²) in [4.78, 5) is 2.47. The van der Waals surface area contributed by atoms with Gasteiger partial charge in [-0.25, -0.2) is 0 Å². The van der Waals surface area contributed by atoms with Crippen molar-refractivity contribution in [1.82, 2.24) is 0 Å². The molecule has 121 valence electrons. The van der Waals surface area contributed by atoms with Crippen LogP contribution >= 0.6 is 0 Å². The molecule has 0 amide bonds. The average molecular weight is 291 g/mol. The molecule has 0 saturated carbocycles. The van der Waals surface area contributed by atoms with Crippen molar-refractivity contribution in [2.24, 2.45) is 5.73 Å². The number of anilines is 1. The Morgan fingerprint density at radius 3 is 1.81 bits per heavy atom. The molecule has 0 bridgehead atoms. The first-order chi connectivity index (χ1) is 9.52. The number of hydrogen-bond acceptors (Lipinski definition) is 2. The smallest absolute Gasteiger partial charge is 0.0401 e. The van der Waals surface area contributed by atoms with E-state index in [1.165, 1.54) is 24.2 Å². The molecule has 0 saturated heterocycles. The molecule has 0 spiro atoms. The van der Waals surface area contributed by atoms with Crippen molar-refractivity contribution in [2.45, 2.75) is 73.9 Å². The number of nitrogens with zero attached hydrogens (tertiary/aromatic N) is 1. The van der Waals surface area contributed by atoms with Gasteiger partial charge >= 0.3 is 0 Å². The molecular weight excluding hydrogens is 255 g/mol. The number of benzene rings is 1. The van der Waals surface area contributed by atoms with E-state index in [2.05, 4.69) is 43.0 Å². The van der Waals surface area contributed by atoms with Gasteiger partial charge in [0.1, 0.15) is 0 Å². The van der Waals surface area contributed by atoms with E-state index in [9.17, 15) is 0 Å². The quantitative estimate of drug-likeness (QED) is 0.773. The minimum Gasteiger partial charge on any atom is -0.369 e. The van der Waals surface area contributed by atoms with E-state index in [0.29, 0.717) is 12.1 Å². The summed E-state index contributed by atoms with van der Waals surface area (Å²) >= 11 is 0. The molecule has 1 aliphatic rings. The van der Waals surface area contributed by atoms with Gasteiger partial charge in [0.25, 0.3) is 0 Å². The molecular formula is C18H36BN2. The van der Waals surface area contributed by atoms with Gasteiger partial charge in [-0.1, -0.05) is 59.7 Å². The molecule has 0 unspecified atom stereocenters. The lowest BCUT2D eigenvalue weighted by Crippen LogP contribution is -2.28. The van der Waals surface area contributed by atoms with Crippen LogP contribution in [0.1, 0.15) is 61.0 Å². The summed E-state index contributed by atoms with van der Waals surface area (Å²) in [6.07, 6.45) is 1.22. The molecule has 2 nitrogen and oxygen atoms in total. The molecule has 1 aromatic carbocycles. The Kier molecular flexibility index (Phi) is 18.4. The Morgan fingerprint density at radius 2 is 1.38 bits per heavy atom. The first kappa shape index (κ1) is 25.0. The molecule has 2 rings (SSSR count). The van der Waals surface area contributed by atoms with Crippen molar-refractivity contribution < 1.29 is 0 Å². The molecule has 2 N–H and O–H groups in total. The third kappa shape index (κ3) is 10.4. The SMILES string of the molecule is CC.CC.CC(C)N.CC(C)N1CCc2ccccc21.[B]. The van der Waals surface area contributed by atoms with Crippen LogP contribution in [0.2, 0.25) is 0 Å². The summed E-state index contributed by atoms with van der Waals surface area (Å²) in [7, 11) is 0. The van der Waals surface area contributed by atoms with Crippen LogP contribution < -0.4 is 10.6 Å². The van der Waals surface area contributed by atoms with E-state index in [-0.39, 0.29) is 8.41 Å².